The van der Waals surface area contributed by atoms with Crippen molar-refractivity contribution < 1.29 is 13.2 Å². The van der Waals surface area contributed by atoms with E-state index in [2.05, 4.69) is 59.4 Å². The maximum Gasteiger partial charge on any atom is 0.415 e. The van der Waals surface area contributed by atoms with Crippen molar-refractivity contribution in [1.29, 1.82) is 5.26 Å². The van der Waals surface area contributed by atoms with Crippen LogP contribution in [0.4, 0.5) is 18.9 Å². The molecule has 286 valence electrons. The van der Waals surface area contributed by atoms with Gasteiger partial charge in [-0.1, -0.05) is 139 Å². The first-order valence-electron chi connectivity index (χ1n) is 19.5. The van der Waals surface area contributed by atoms with Gasteiger partial charge in [-0.15, -0.1) is 0 Å². The van der Waals surface area contributed by atoms with Crippen molar-refractivity contribution in [2.75, 3.05) is 0 Å². The smallest absolute Gasteiger partial charge is 0.309 e. The predicted molar refractivity (Wildman–Crippen MR) is 237 cm³/mol. The highest BCUT2D eigenvalue weighted by Gasteiger charge is 2.37. The molecule has 0 aliphatic rings. The lowest BCUT2D eigenvalue weighted by molar-refractivity contribution is -0.137. The first kappa shape index (κ1) is 36.5. The SMILES string of the molecule is [C-]#[N+]c1cccc(C(F)(F)F)c1-c1c(-n2c3ccccc3c3ccc(-c4cccc(C)c4)cc32)cc(C#N)cc1-n1c2ccccc2c2ccc(-c3cccc(C)c3)cc21. The molecule has 4 nitrogen and oxygen atoms in total. The minimum absolute atomic E-state index is 0.153. The molecule has 2 aromatic heterocycles. The van der Waals surface area contributed by atoms with E-state index in [1.807, 2.05) is 108 Å². The number of rotatable bonds is 5. The highest BCUT2D eigenvalue weighted by Crippen LogP contribution is 2.50. The fourth-order valence-electron chi connectivity index (χ4n) is 8.89. The van der Waals surface area contributed by atoms with E-state index in [4.69, 9.17) is 6.57 Å². The van der Waals surface area contributed by atoms with E-state index < -0.39 is 11.7 Å². The lowest BCUT2D eigenvalue weighted by Crippen LogP contribution is -2.11. The second-order valence-corrected chi connectivity index (χ2v) is 15.2. The average Bonchev–Trinajstić information content (AvgIpc) is 3.77. The molecule has 0 spiro atoms. The number of aromatic nitrogens is 2. The van der Waals surface area contributed by atoms with Gasteiger partial charge in [0.2, 0.25) is 0 Å². The Hall–Kier alpha value is -7.87. The van der Waals surface area contributed by atoms with Crippen LogP contribution in [0.1, 0.15) is 22.3 Å². The maximum atomic E-state index is 15.5. The molecule has 0 saturated heterocycles. The Balaban J connectivity index is 1.42. The topological polar surface area (TPSA) is 38.0 Å². The third kappa shape index (κ3) is 5.82. The summed E-state index contributed by atoms with van der Waals surface area (Å²) in [7, 11) is 0. The molecule has 0 unspecified atom stereocenters. The van der Waals surface area contributed by atoms with E-state index in [0.717, 1.165) is 83.1 Å². The summed E-state index contributed by atoms with van der Waals surface area (Å²) >= 11 is 0. The number of nitrogens with zero attached hydrogens (tertiary/aromatic N) is 4. The van der Waals surface area contributed by atoms with Crippen LogP contribution in [0.5, 0.6) is 0 Å². The fourth-order valence-corrected chi connectivity index (χ4v) is 8.89. The monoisotopic (exact) mass is 782 g/mol. The average molecular weight is 783 g/mol. The van der Waals surface area contributed by atoms with Crippen molar-refractivity contribution >= 4 is 49.3 Å². The molecular weight excluding hydrogens is 750 g/mol. The Kier molecular flexibility index (Phi) is 8.45. The van der Waals surface area contributed by atoms with Crippen LogP contribution in [0.25, 0.3) is 93.2 Å². The van der Waals surface area contributed by atoms with Crippen molar-refractivity contribution in [2.45, 2.75) is 20.0 Å². The first-order valence-corrected chi connectivity index (χ1v) is 19.5. The third-order valence-electron chi connectivity index (χ3n) is 11.5. The number of benzene rings is 8. The lowest BCUT2D eigenvalue weighted by Gasteiger charge is -2.24. The molecule has 8 aromatic carbocycles. The van der Waals surface area contributed by atoms with Gasteiger partial charge in [-0.25, -0.2) is 4.85 Å². The van der Waals surface area contributed by atoms with Gasteiger partial charge in [0.25, 0.3) is 0 Å². The van der Waals surface area contributed by atoms with Gasteiger partial charge >= 0.3 is 6.18 Å². The molecule has 0 fully saturated rings. The molecule has 0 N–H and O–H groups in total. The highest BCUT2D eigenvalue weighted by molar-refractivity contribution is 6.13. The summed E-state index contributed by atoms with van der Waals surface area (Å²) in [6, 6.07) is 53.7. The van der Waals surface area contributed by atoms with Gasteiger partial charge in [0.1, 0.15) is 0 Å². The number of hydrogen-bond acceptors (Lipinski definition) is 1. The summed E-state index contributed by atoms with van der Waals surface area (Å²) < 4.78 is 50.5. The number of para-hydroxylation sites is 2. The first-order chi connectivity index (χ1) is 29.1. The van der Waals surface area contributed by atoms with Crippen molar-refractivity contribution in [3.8, 4) is 50.8 Å². The number of nitriles is 1. The van der Waals surface area contributed by atoms with Crippen LogP contribution >= 0.6 is 0 Å². The third-order valence-corrected chi connectivity index (χ3v) is 11.5. The van der Waals surface area contributed by atoms with Crippen LogP contribution in [-0.2, 0) is 6.18 Å². The number of alkyl halides is 3. The van der Waals surface area contributed by atoms with E-state index >= 15 is 13.2 Å². The quantitative estimate of drug-likeness (QED) is 0.160. The summed E-state index contributed by atoms with van der Waals surface area (Å²) in [5.74, 6) is 0. The Labute approximate surface area is 344 Å². The van der Waals surface area contributed by atoms with Crippen LogP contribution in [-0.4, -0.2) is 9.13 Å². The van der Waals surface area contributed by atoms with E-state index in [1.54, 1.807) is 12.1 Å². The molecule has 0 saturated carbocycles. The summed E-state index contributed by atoms with van der Waals surface area (Å²) in [6.45, 7) is 12.4. The van der Waals surface area contributed by atoms with Gasteiger partial charge < -0.3 is 9.13 Å². The van der Waals surface area contributed by atoms with E-state index in [1.165, 1.54) is 12.1 Å². The molecule has 0 aliphatic carbocycles. The number of hydrogen-bond donors (Lipinski definition) is 0. The van der Waals surface area contributed by atoms with E-state index in [0.29, 0.717) is 11.4 Å². The molecule has 0 bridgehead atoms. The molecule has 60 heavy (non-hydrogen) atoms. The van der Waals surface area contributed by atoms with Crippen molar-refractivity contribution in [3.63, 3.8) is 0 Å². The molecule has 2 heterocycles. The van der Waals surface area contributed by atoms with Crippen LogP contribution < -0.4 is 0 Å². The standard InChI is InChI=1S/C53H33F3N4/c1-32-11-8-13-35(25-32)37-21-23-41-39-15-4-6-19-45(39)59(47(41)29-37)49-27-34(31-57)28-50(52(49)51-43(53(54,55)56)17-10-18-44(51)58-3)60-46-20-7-5-16-40(46)42-24-22-38(30-48(42)60)36-14-9-12-33(2)26-36/h4-30H,1-2H3. The van der Waals surface area contributed by atoms with Crippen LogP contribution in [0.15, 0.2) is 164 Å². The van der Waals surface area contributed by atoms with Gasteiger partial charge in [0, 0.05) is 32.7 Å². The summed E-state index contributed by atoms with van der Waals surface area (Å²) in [6.07, 6.45) is -4.82. The van der Waals surface area contributed by atoms with Crippen molar-refractivity contribution in [1.82, 2.24) is 9.13 Å². The zero-order valence-electron chi connectivity index (χ0n) is 32.5. The Morgan fingerprint density at radius 3 is 1.43 bits per heavy atom. The van der Waals surface area contributed by atoms with Gasteiger partial charge in [0.15, 0.2) is 5.69 Å². The molecule has 10 rings (SSSR count). The van der Waals surface area contributed by atoms with Gasteiger partial charge in [-0.2, -0.15) is 18.4 Å². The summed E-state index contributed by atoms with van der Waals surface area (Å²) in [4.78, 5) is 3.75. The van der Waals surface area contributed by atoms with Crippen LogP contribution in [0.3, 0.4) is 0 Å². The van der Waals surface area contributed by atoms with E-state index in [-0.39, 0.29) is 22.4 Å². The van der Waals surface area contributed by atoms with E-state index in [9.17, 15) is 5.26 Å². The molecule has 10 aromatic rings. The second-order valence-electron chi connectivity index (χ2n) is 15.2. The molecule has 7 heteroatoms. The van der Waals surface area contributed by atoms with Crippen LogP contribution in [0.2, 0.25) is 0 Å². The largest absolute Gasteiger partial charge is 0.415 e. The van der Waals surface area contributed by atoms with Gasteiger partial charge in [-0.05, 0) is 72.5 Å². The number of aryl methyl sites for hydroxylation is 2. The highest BCUT2D eigenvalue weighted by atomic mass is 19.4. The molecule has 0 atom stereocenters. The fraction of sp³-hybridized carbons (Fsp3) is 0.0566. The summed E-state index contributed by atoms with van der Waals surface area (Å²) in [5, 5.41) is 14.4. The van der Waals surface area contributed by atoms with Crippen molar-refractivity contribution in [2.24, 2.45) is 0 Å². The minimum atomic E-state index is -4.82. The normalized spacial score (nSPS) is 11.7. The molecule has 0 amide bonds. The minimum Gasteiger partial charge on any atom is -0.309 e. The Morgan fingerprint density at radius 1 is 0.500 bits per heavy atom. The Bertz CT molecular complexity index is 3300. The molecule has 0 aliphatic heterocycles. The lowest BCUT2D eigenvalue weighted by atomic mass is 9.92. The Morgan fingerprint density at radius 2 is 0.967 bits per heavy atom. The molecular formula is C53H33F3N4. The zero-order chi connectivity index (χ0) is 41.3. The second kappa shape index (κ2) is 13.9. The van der Waals surface area contributed by atoms with Crippen molar-refractivity contribution in [3.05, 3.63) is 197 Å². The zero-order valence-corrected chi connectivity index (χ0v) is 32.5. The van der Waals surface area contributed by atoms with Gasteiger partial charge in [0.05, 0.1) is 57.2 Å². The summed E-state index contributed by atoms with van der Waals surface area (Å²) in [5.41, 5.74) is 8.78. The predicted octanol–water partition coefficient (Wildman–Crippen LogP) is 14.9. The van der Waals surface area contributed by atoms with Gasteiger partial charge in [-0.3, -0.25) is 0 Å². The maximum absolute atomic E-state index is 15.5. The molecule has 0 radical (unpaired) electrons. The van der Waals surface area contributed by atoms with Crippen LogP contribution in [0, 0.1) is 31.8 Å². The number of halogens is 3. The number of fused-ring (bicyclic) bond motifs is 6.